The van der Waals surface area contributed by atoms with Crippen molar-refractivity contribution in [1.29, 1.82) is 0 Å². The van der Waals surface area contributed by atoms with Crippen molar-refractivity contribution in [1.82, 2.24) is 4.98 Å². The van der Waals surface area contributed by atoms with Crippen molar-refractivity contribution < 1.29 is 9.90 Å². The van der Waals surface area contributed by atoms with Gasteiger partial charge in [0.2, 0.25) is 0 Å². The lowest BCUT2D eigenvalue weighted by Gasteiger charge is -2.07. The van der Waals surface area contributed by atoms with Gasteiger partial charge >= 0.3 is 5.97 Å². The van der Waals surface area contributed by atoms with E-state index < -0.39 is 5.97 Å². The largest absolute Gasteiger partial charge is 0.478 e. The summed E-state index contributed by atoms with van der Waals surface area (Å²) in [6.45, 7) is 0. The van der Waals surface area contributed by atoms with Gasteiger partial charge in [0.25, 0.3) is 0 Å². The molecule has 1 heterocycles. The molecule has 2 aromatic rings. The van der Waals surface area contributed by atoms with Crippen molar-refractivity contribution >= 4 is 33.4 Å². The van der Waals surface area contributed by atoms with E-state index in [2.05, 4.69) is 26.2 Å². The molecule has 0 aliphatic heterocycles. The molecule has 2 N–H and O–H groups in total. The van der Waals surface area contributed by atoms with Gasteiger partial charge in [-0.25, -0.2) is 9.78 Å². The predicted molar refractivity (Wildman–Crippen MR) is 68.6 cm³/mol. The Labute approximate surface area is 106 Å². The zero-order valence-electron chi connectivity index (χ0n) is 8.72. The van der Waals surface area contributed by atoms with Crippen LogP contribution in [0.5, 0.6) is 0 Å². The van der Waals surface area contributed by atoms with Gasteiger partial charge in [-0.2, -0.15) is 0 Å². The van der Waals surface area contributed by atoms with E-state index in [9.17, 15) is 4.79 Å². The summed E-state index contributed by atoms with van der Waals surface area (Å²) in [5.41, 5.74) is 1.04. The number of para-hydroxylation sites is 1. The monoisotopic (exact) mass is 292 g/mol. The fourth-order valence-corrected chi connectivity index (χ4v) is 1.72. The van der Waals surface area contributed by atoms with Crippen LogP contribution in [0.1, 0.15) is 10.4 Å². The van der Waals surface area contributed by atoms with E-state index in [0.29, 0.717) is 5.82 Å². The van der Waals surface area contributed by atoms with E-state index in [4.69, 9.17) is 5.11 Å². The average Bonchev–Trinajstić information content (AvgIpc) is 2.32. The Bertz CT molecular complexity index is 558. The first-order valence-electron chi connectivity index (χ1n) is 4.88. The number of aromatic nitrogens is 1. The molecule has 0 aliphatic carbocycles. The second kappa shape index (κ2) is 4.97. The number of carboxylic acids is 1. The number of benzene rings is 1. The molecule has 0 radical (unpaired) electrons. The highest BCUT2D eigenvalue weighted by molar-refractivity contribution is 9.10. The lowest BCUT2D eigenvalue weighted by Crippen LogP contribution is -2.00. The SMILES string of the molecule is O=C(O)c1ccnc(Nc2ccccc2Br)c1. The summed E-state index contributed by atoms with van der Waals surface area (Å²) in [6, 6.07) is 10.5. The molecule has 0 amide bonds. The fourth-order valence-electron chi connectivity index (χ4n) is 1.33. The Morgan fingerprint density at radius 3 is 2.76 bits per heavy atom. The number of nitrogens with zero attached hydrogens (tertiary/aromatic N) is 1. The second-order valence-electron chi connectivity index (χ2n) is 3.34. The Kier molecular flexibility index (Phi) is 3.39. The van der Waals surface area contributed by atoms with Crippen molar-refractivity contribution in [3.8, 4) is 0 Å². The van der Waals surface area contributed by atoms with Crippen LogP contribution in [0.2, 0.25) is 0 Å². The number of hydrogen-bond donors (Lipinski definition) is 2. The van der Waals surface area contributed by atoms with Crippen molar-refractivity contribution in [3.63, 3.8) is 0 Å². The minimum absolute atomic E-state index is 0.203. The number of pyridine rings is 1. The van der Waals surface area contributed by atoms with Crippen LogP contribution in [0.15, 0.2) is 47.1 Å². The molecule has 0 saturated heterocycles. The van der Waals surface area contributed by atoms with Gasteiger partial charge in [0, 0.05) is 10.7 Å². The van der Waals surface area contributed by atoms with Crippen LogP contribution in [-0.2, 0) is 0 Å². The van der Waals surface area contributed by atoms with Gasteiger partial charge < -0.3 is 10.4 Å². The number of anilines is 2. The number of halogens is 1. The number of carbonyl (C=O) groups is 1. The van der Waals surface area contributed by atoms with Crippen LogP contribution in [0.25, 0.3) is 0 Å². The molecule has 0 saturated carbocycles. The zero-order valence-corrected chi connectivity index (χ0v) is 10.3. The third kappa shape index (κ3) is 2.82. The van der Waals surface area contributed by atoms with Crippen LogP contribution >= 0.6 is 15.9 Å². The minimum atomic E-state index is -0.970. The molecule has 1 aromatic heterocycles. The smallest absolute Gasteiger partial charge is 0.335 e. The third-order valence-corrected chi connectivity index (χ3v) is 2.83. The lowest BCUT2D eigenvalue weighted by molar-refractivity contribution is 0.0697. The molecule has 2 rings (SSSR count). The number of rotatable bonds is 3. The van der Waals surface area contributed by atoms with Gasteiger partial charge in [0.05, 0.1) is 11.3 Å². The van der Waals surface area contributed by atoms with E-state index in [1.807, 2.05) is 24.3 Å². The second-order valence-corrected chi connectivity index (χ2v) is 4.19. The lowest BCUT2D eigenvalue weighted by atomic mass is 10.2. The topological polar surface area (TPSA) is 62.2 Å². The molecule has 17 heavy (non-hydrogen) atoms. The highest BCUT2D eigenvalue weighted by Gasteiger charge is 2.05. The third-order valence-electron chi connectivity index (χ3n) is 2.14. The van der Waals surface area contributed by atoms with E-state index in [1.54, 1.807) is 0 Å². The first kappa shape index (κ1) is 11.6. The summed E-state index contributed by atoms with van der Waals surface area (Å²) >= 11 is 3.39. The van der Waals surface area contributed by atoms with Crippen molar-refractivity contribution in [3.05, 3.63) is 52.6 Å². The van der Waals surface area contributed by atoms with Gasteiger partial charge in [0.1, 0.15) is 5.82 Å². The molecule has 5 heteroatoms. The summed E-state index contributed by atoms with van der Waals surface area (Å²) in [4.78, 5) is 14.9. The molecular formula is C12H9BrN2O2. The Balaban J connectivity index is 2.28. The van der Waals surface area contributed by atoms with E-state index >= 15 is 0 Å². The van der Waals surface area contributed by atoms with E-state index in [1.165, 1.54) is 18.3 Å². The normalized spacial score (nSPS) is 9.94. The Hall–Kier alpha value is -1.88. The predicted octanol–water partition coefficient (Wildman–Crippen LogP) is 3.29. The van der Waals surface area contributed by atoms with Gasteiger partial charge in [-0.1, -0.05) is 12.1 Å². The van der Waals surface area contributed by atoms with Crippen LogP contribution < -0.4 is 5.32 Å². The first-order chi connectivity index (χ1) is 8.16. The molecule has 4 nitrogen and oxygen atoms in total. The maximum atomic E-state index is 10.8. The molecule has 0 unspecified atom stereocenters. The highest BCUT2D eigenvalue weighted by atomic mass is 79.9. The average molecular weight is 293 g/mol. The number of hydrogen-bond acceptors (Lipinski definition) is 3. The summed E-state index contributed by atoms with van der Waals surface area (Å²) in [7, 11) is 0. The number of nitrogens with one attached hydrogen (secondary N) is 1. The molecule has 0 bridgehead atoms. The van der Waals surface area contributed by atoms with Crippen molar-refractivity contribution in [2.45, 2.75) is 0 Å². The van der Waals surface area contributed by atoms with Gasteiger partial charge in [0.15, 0.2) is 0 Å². The van der Waals surface area contributed by atoms with Crippen LogP contribution in [0.3, 0.4) is 0 Å². The number of carboxylic acid groups (broad SMARTS) is 1. The molecule has 0 aliphatic rings. The molecule has 0 spiro atoms. The zero-order chi connectivity index (χ0) is 12.3. The standard InChI is InChI=1S/C12H9BrN2O2/c13-9-3-1-2-4-10(9)15-11-7-8(12(16)17)5-6-14-11/h1-7H,(H,14,15)(H,16,17). The minimum Gasteiger partial charge on any atom is -0.478 e. The Morgan fingerprint density at radius 1 is 1.29 bits per heavy atom. The van der Waals surface area contributed by atoms with E-state index in [0.717, 1.165) is 10.2 Å². The first-order valence-corrected chi connectivity index (χ1v) is 5.67. The summed E-state index contributed by atoms with van der Waals surface area (Å²) in [5.74, 6) is -0.473. The van der Waals surface area contributed by atoms with Crippen LogP contribution in [0.4, 0.5) is 11.5 Å². The summed E-state index contributed by atoms with van der Waals surface area (Å²) in [6.07, 6.45) is 1.46. The quantitative estimate of drug-likeness (QED) is 0.911. The molecule has 0 atom stereocenters. The fraction of sp³-hybridized carbons (Fsp3) is 0. The van der Waals surface area contributed by atoms with Crippen molar-refractivity contribution in [2.24, 2.45) is 0 Å². The maximum absolute atomic E-state index is 10.8. The molecular weight excluding hydrogens is 284 g/mol. The molecule has 86 valence electrons. The van der Waals surface area contributed by atoms with Crippen molar-refractivity contribution in [2.75, 3.05) is 5.32 Å². The highest BCUT2D eigenvalue weighted by Crippen LogP contribution is 2.24. The van der Waals surface area contributed by atoms with Crippen LogP contribution in [0, 0.1) is 0 Å². The van der Waals surface area contributed by atoms with E-state index in [-0.39, 0.29) is 5.56 Å². The summed E-state index contributed by atoms with van der Waals surface area (Å²) < 4.78 is 0.891. The maximum Gasteiger partial charge on any atom is 0.335 e. The van der Waals surface area contributed by atoms with Gasteiger partial charge in [-0.15, -0.1) is 0 Å². The summed E-state index contributed by atoms with van der Waals surface area (Å²) in [5, 5.41) is 11.9. The molecule has 0 fully saturated rings. The Morgan fingerprint density at radius 2 is 2.06 bits per heavy atom. The van der Waals surface area contributed by atoms with Gasteiger partial charge in [-0.3, -0.25) is 0 Å². The molecule has 1 aromatic carbocycles. The number of aromatic carboxylic acids is 1. The van der Waals surface area contributed by atoms with Crippen LogP contribution in [-0.4, -0.2) is 16.1 Å². The van der Waals surface area contributed by atoms with Gasteiger partial charge in [-0.05, 0) is 40.2 Å².